The smallest absolute Gasteiger partial charge is 0.0724 e. The maximum Gasteiger partial charge on any atom is 0.0724 e. The van der Waals surface area contributed by atoms with Crippen molar-refractivity contribution in [2.75, 3.05) is 7.11 Å². The predicted octanol–water partition coefficient (Wildman–Crippen LogP) is 3.11. The second-order valence-electron chi connectivity index (χ2n) is 5.66. The molecule has 2 aliphatic carbocycles. The number of hydrogen-bond donors (Lipinski definition) is 1. The molecule has 2 unspecified atom stereocenters. The molecule has 0 aromatic carbocycles. The first-order valence-electron chi connectivity index (χ1n) is 7.10. The van der Waals surface area contributed by atoms with Crippen LogP contribution in [0.4, 0.5) is 0 Å². The molecule has 0 radical (unpaired) electrons. The van der Waals surface area contributed by atoms with Gasteiger partial charge in [0.15, 0.2) is 0 Å². The molecule has 3 atom stereocenters. The SMILES string of the molecule is COC1CCCCC1N[C@@H](C)C1CCCC1. The van der Waals surface area contributed by atoms with Crippen molar-refractivity contribution in [1.29, 1.82) is 0 Å². The third kappa shape index (κ3) is 2.98. The molecule has 1 N–H and O–H groups in total. The van der Waals surface area contributed by atoms with E-state index in [4.69, 9.17) is 4.74 Å². The van der Waals surface area contributed by atoms with E-state index in [0.717, 1.165) is 5.92 Å². The lowest BCUT2D eigenvalue weighted by molar-refractivity contribution is 0.0357. The van der Waals surface area contributed by atoms with Crippen molar-refractivity contribution >= 4 is 0 Å². The van der Waals surface area contributed by atoms with Crippen LogP contribution in [0.2, 0.25) is 0 Å². The van der Waals surface area contributed by atoms with E-state index in [1.807, 2.05) is 7.11 Å². The first-order chi connectivity index (χ1) is 7.81. The molecule has 94 valence electrons. The molecule has 16 heavy (non-hydrogen) atoms. The van der Waals surface area contributed by atoms with Crippen molar-refractivity contribution in [2.24, 2.45) is 5.92 Å². The fourth-order valence-corrected chi connectivity index (χ4v) is 3.50. The Balaban J connectivity index is 1.81. The zero-order valence-corrected chi connectivity index (χ0v) is 10.9. The lowest BCUT2D eigenvalue weighted by Crippen LogP contribution is -2.48. The predicted molar refractivity (Wildman–Crippen MR) is 67.6 cm³/mol. The summed E-state index contributed by atoms with van der Waals surface area (Å²) in [5.41, 5.74) is 0. The second-order valence-corrected chi connectivity index (χ2v) is 5.66. The van der Waals surface area contributed by atoms with E-state index in [1.54, 1.807) is 0 Å². The molecule has 2 saturated carbocycles. The first-order valence-corrected chi connectivity index (χ1v) is 7.10. The summed E-state index contributed by atoms with van der Waals surface area (Å²) in [5.74, 6) is 0.916. The van der Waals surface area contributed by atoms with Crippen molar-refractivity contribution < 1.29 is 4.74 Å². The summed E-state index contributed by atoms with van der Waals surface area (Å²) in [6.45, 7) is 2.37. The molecule has 0 amide bonds. The minimum atomic E-state index is 0.456. The Morgan fingerprint density at radius 2 is 1.62 bits per heavy atom. The first kappa shape index (κ1) is 12.4. The van der Waals surface area contributed by atoms with E-state index in [1.165, 1.54) is 51.4 Å². The summed E-state index contributed by atoms with van der Waals surface area (Å²) in [4.78, 5) is 0. The molecule has 2 aliphatic rings. The lowest BCUT2D eigenvalue weighted by Gasteiger charge is -2.35. The zero-order chi connectivity index (χ0) is 11.4. The molecule has 0 aliphatic heterocycles. The summed E-state index contributed by atoms with van der Waals surface area (Å²) in [7, 11) is 1.87. The van der Waals surface area contributed by atoms with Gasteiger partial charge in [-0.25, -0.2) is 0 Å². The highest BCUT2D eigenvalue weighted by atomic mass is 16.5. The molecule has 2 nitrogen and oxygen atoms in total. The minimum Gasteiger partial charge on any atom is -0.380 e. The average Bonchev–Trinajstić information content (AvgIpc) is 2.83. The lowest BCUT2D eigenvalue weighted by atomic mass is 9.90. The van der Waals surface area contributed by atoms with Gasteiger partial charge in [0.2, 0.25) is 0 Å². The van der Waals surface area contributed by atoms with Crippen molar-refractivity contribution in [3.63, 3.8) is 0 Å². The van der Waals surface area contributed by atoms with Crippen LogP contribution >= 0.6 is 0 Å². The maximum absolute atomic E-state index is 5.60. The van der Waals surface area contributed by atoms with Crippen LogP contribution in [-0.2, 0) is 4.74 Å². The molecule has 0 bridgehead atoms. The molecule has 0 heterocycles. The fraction of sp³-hybridized carbons (Fsp3) is 1.00. The molecule has 2 heteroatoms. The van der Waals surface area contributed by atoms with Crippen LogP contribution in [0.5, 0.6) is 0 Å². The quantitative estimate of drug-likeness (QED) is 0.794. The van der Waals surface area contributed by atoms with Crippen LogP contribution < -0.4 is 5.32 Å². The van der Waals surface area contributed by atoms with E-state index < -0.39 is 0 Å². The Bertz CT molecular complexity index is 201. The summed E-state index contributed by atoms with van der Waals surface area (Å²) < 4.78 is 5.60. The Kier molecular flexibility index (Phi) is 4.66. The minimum absolute atomic E-state index is 0.456. The van der Waals surface area contributed by atoms with Gasteiger partial charge in [0, 0.05) is 19.2 Å². The molecule has 2 rings (SSSR count). The maximum atomic E-state index is 5.60. The van der Waals surface area contributed by atoms with Gasteiger partial charge in [-0.1, -0.05) is 25.7 Å². The summed E-state index contributed by atoms with van der Waals surface area (Å²) in [5, 5.41) is 3.84. The van der Waals surface area contributed by atoms with Gasteiger partial charge in [-0.2, -0.15) is 0 Å². The van der Waals surface area contributed by atoms with Crippen molar-refractivity contribution in [1.82, 2.24) is 5.32 Å². The van der Waals surface area contributed by atoms with Gasteiger partial charge in [0.1, 0.15) is 0 Å². The monoisotopic (exact) mass is 225 g/mol. The van der Waals surface area contributed by atoms with Crippen LogP contribution in [0.1, 0.15) is 58.3 Å². The zero-order valence-electron chi connectivity index (χ0n) is 10.9. The summed E-state index contributed by atoms with van der Waals surface area (Å²) >= 11 is 0. The van der Waals surface area contributed by atoms with Gasteiger partial charge in [-0.3, -0.25) is 0 Å². The molecule has 0 saturated heterocycles. The fourth-order valence-electron chi connectivity index (χ4n) is 3.50. The van der Waals surface area contributed by atoms with E-state index in [-0.39, 0.29) is 0 Å². The van der Waals surface area contributed by atoms with Crippen LogP contribution in [0, 0.1) is 5.92 Å². The highest BCUT2D eigenvalue weighted by molar-refractivity contribution is 4.86. The molecular weight excluding hydrogens is 198 g/mol. The number of methoxy groups -OCH3 is 1. The van der Waals surface area contributed by atoms with E-state index >= 15 is 0 Å². The van der Waals surface area contributed by atoms with Crippen LogP contribution in [0.15, 0.2) is 0 Å². The topological polar surface area (TPSA) is 21.3 Å². The summed E-state index contributed by atoms with van der Waals surface area (Å²) in [6.07, 6.45) is 11.4. The Hall–Kier alpha value is -0.0800. The van der Waals surface area contributed by atoms with Gasteiger partial charge in [-0.15, -0.1) is 0 Å². The van der Waals surface area contributed by atoms with Gasteiger partial charge < -0.3 is 10.1 Å². The highest BCUT2D eigenvalue weighted by Gasteiger charge is 2.29. The highest BCUT2D eigenvalue weighted by Crippen LogP contribution is 2.29. The number of nitrogens with one attached hydrogen (secondary N) is 1. The Labute approximate surface area is 100 Å². The normalized spacial score (nSPS) is 34.1. The Morgan fingerprint density at radius 3 is 2.31 bits per heavy atom. The number of hydrogen-bond acceptors (Lipinski definition) is 2. The van der Waals surface area contributed by atoms with Crippen molar-refractivity contribution in [3.05, 3.63) is 0 Å². The van der Waals surface area contributed by atoms with E-state index in [2.05, 4.69) is 12.2 Å². The van der Waals surface area contributed by atoms with Crippen molar-refractivity contribution in [3.8, 4) is 0 Å². The number of ether oxygens (including phenoxy) is 1. The molecule has 2 fully saturated rings. The summed E-state index contributed by atoms with van der Waals surface area (Å²) in [6, 6.07) is 1.29. The molecular formula is C14H27NO. The van der Waals surface area contributed by atoms with Crippen LogP contribution in [0.3, 0.4) is 0 Å². The van der Waals surface area contributed by atoms with E-state index in [0.29, 0.717) is 18.2 Å². The third-order valence-corrected chi connectivity index (χ3v) is 4.59. The van der Waals surface area contributed by atoms with Gasteiger partial charge in [-0.05, 0) is 38.5 Å². The number of rotatable bonds is 4. The van der Waals surface area contributed by atoms with Gasteiger partial charge in [0.25, 0.3) is 0 Å². The van der Waals surface area contributed by atoms with Crippen LogP contribution in [-0.4, -0.2) is 25.3 Å². The average molecular weight is 225 g/mol. The Morgan fingerprint density at radius 1 is 1.00 bits per heavy atom. The standard InChI is InChI=1S/C14H27NO/c1-11(12-7-3-4-8-12)15-13-9-5-6-10-14(13)16-2/h11-15H,3-10H2,1-2H3/t11-,13?,14?/m0/s1. The van der Waals surface area contributed by atoms with Gasteiger partial charge >= 0.3 is 0 Å². The second kappa shape index (κ2) is 6.02. The van der Waals surface area contributed by atoms with Crippen LogP contribution in [0.25, 0.3) is 0 Å². The molecule has 0 aromatic heterocycles. The van der Waals surface area contributed by atoms with Crippen molar-refractivity contribution in [2.45, 2.75) is 76.5 Å². The van der Waals surface area contributed by atoms with E-state index in [9.17, 15) is 0 Å². The largest absolute Gasteiger partial charge is 0.380 e. The molecule has 0 spiro atoms. The third-order valence-electron chi connectivity index (χ3n) is 4.59. The molecule has 0 aromatic rings. The van der Waals surface area contributed by atoms with Gasteiger partial charge in [0.05, 0.1) is 6.10 Å².